The summed E-state index contributed by atoms with van der Waals surface area (Å²) in [6.45, 7) is 6.34. The molecule has 0 aromatic rings. The first kappa shape index (κ1) is 74.5. The molecule has 0 radical (unpaired) electrons. The summed E-state index contributed by atoms with van der Waals surface area (Å²) in [7, 11) is 0. The molecule has 79 heavy (non-hydrogen) atoms. The number of rotatable bonds is 58. The van der Waals surface area contributed by atoms with Crippen LogP contribution >= 0.6 is 0 Å². The third kappa shape index (κ3) is 64.3. The highest BCUT2D eigenvalue weighted by Gasteiger charge is 2.19. The van der Waals surface area contributed by atoms with Crippen LogP contribution in [0.25, 0.3) is 0 Å². The number of hydrogen-bond donors (Lipinski definition) is 0. The van der Waals surface area contributed by atoms with Crippen LogP contribution in [-0.4, -0.2) is 37.2 Å². The van der Waals surface area contributed by atoms with Crippen molar-refractivity contribution in [2.75, 3.05) is 13.2 Å². The summed E-state index contributed by atoms with van der Waals surface area (Å²) in [4.78, 5) is 38.3. The maximum absolute atomic E-state index is 12.9. The van der Waals surface area contributed by atoms with Gasteiger partial charge in [-0.25, -0.2) is 0 Å². The molecule has 0 amide bonds. The number of ether oxygens (including phenoxy) is 3. The molecule has 0 bridgehead atoms. The minimum Gasteiger partial charge on any atom is -0.462 e. The number of unbranched alkanes of at least 4 members (excludes halogenated alkanes) is 25. The van der Waals surface area contributed by atoms with E-state index in [0.717, 1.165) is 161 Å². The van der Waals surface area contributed by atoms with E-state index in [9.17, 15) is 14.4 Å². The van der Waals surface area contributed by atoms with Gasteiger partial charge in [-0.15, -0.1) is 0 Å². The molecule has 0 N–H and O–H groups in total. The van der Waals surface area contributed by atoms with Crippen LogP contribution in [0.15, 0.2) is 134 Å². The molecule has 1 atom stereocenters. The van der Waals surface area contributed by atoms with E-state index in [-0.39, 0.29) is 31.1 Å². The van der Waals surface area contributed by atoms with Gasteiger partial charge in [-0.2, -0.15) is 0 Å². The topological polar surface area (TPSA) is 78.9 Å². The minimum atomic E-state index is -0.797. The molecule has 448 valence electrons. The van der Waals surface area contributed by atoms with Crippen LogP contribution in [0, 0.1) is 0 Å². The summed E-state index contributed by atoms with van der Waals surface area (Å²) >= 11 is 0. The van der Waals surface area contributed by atoms with Crippen LogP contribution in [-0.2, 0) is 28.6 Å². The van der Waals surface area contributed by atoms with Crippen LogP contribution in [0.5, 0.6) is 0 Å². The number of allylic oxidation sites excluding steroid dienone is 22. The normalized spacial score (nSPS) is 13.0. The Kier molecular flexibility index (Phi) is 62.3. The fourth-order valence-corrected chi connectivity index (χ4v) is 8.79. The van der Waals surface area contributed by atoms with Crippen molar-refractivity contribution in [2.24, 2.45) is 0 Å². The van der Waals surface area contributed by atoms with Gasteiger partial charge in [0.2, 0.25) is 0 Å². The molecule has 6 nitrogen and oxygen atoms in total. The zero-order valence-corrected chi connectivity index (χ0v) is 51.3. The lowest BCUT2D eigenvalue weighted by molar-refractivity contribution is -0.167. The van der Waals surface area contributed by atoms with Gasteiger partial charge in [-0.1, -0.05) is 276 Å². The molecular formula is C73H120O6. The molecule has 0 saturated carbocycles. The van der Waals surface area contributed by atoms with Crippen molar-refractivity contribution in [3.63, 3.8) is 0 Å². The van der Waals surface area contributed by atoms with Gasteiger partial charge in [-0.3, -0.25) is 14.4 Å². The first-order valence-electron chi connectivity index (χ1n) is 32.7. The fraction of sp³-hybridized carbons (Fsp3) is 0.658. The van der Waals surface area contributed by atoms with E-state index in [0.29, 0.717) is 19.3 Å². The lowest BCUT2D eigenvalue weighted by atomic mass is 10.0. The largest absolute Gasteiger partial charge is 0.462 e. The van der Waals surface area contributed by atoms with Gasteiger partial charge in [0.25, 0.3) is 0 Å². The maximum Gasteiger partial charge on any atom is 0.306 e. The highest BCUT2D eigenvalue weighted by atomic mass is 16.6. The Morgan fingerprint density at radius 2 is 0.494 bits per heavy atom. The molecule has 0 saturated heterocycles. The Hall–Kier alpha value is -4.45. The SMILES string of the molecule is CC/C=C\C/C=C\C/C=C\C/C=C\C/C=C\CCCCCCCCCCCCCCCC(=O)OCC(COC(=O)CCCCCCC/C=C\C/C=C\CCC)OC(=O)CCCCCCCC/C=C\C/C=C\C/C=C\C/C=C\CC. The molecule has 6 heteroatoms. The average Bonchev–Trinajstić information content (AvgIpc) is 3.45. The van der Waals surface area contributed by atoms with Crippen LogP contribution < -0.4 is 0 Å². The van der Waals surface area contributed by atoms with Gasteiger partial charge in [0.05, 0.1) is 0 Å². The van der Waals surface area contributed by atoms with Gasteiger partial charge >= 0.3 is 17.9 Å². The van der Waals surface area contributed by atoms with E-state index >= 15 is 0 Å². The van der Waals surface area contributed by atoms with Gasteiger partial charge in [0.1, 0.15) is 13.2 Å². The quantitative estimate of drug-likeness (QED) is 0.0261. The first-order chi connectivity index (χ1) is 39.0. The van der Waals surface area contributed by atoms with E-state index in [1.165, 1.54) is 89.9 Å². The number of hydrogen-bond acceptors (Lipinski definition) is 6. The molecule has 0 aliphatic carbocycles. The fourth-order valence-electron chi connectivity index (χ4n) is 8.79. The monoisotopic (exact) mass is 1090 g/mol. The molecule has 0 fully saturated rings. The predicted molar refractivity (Wildman–Crippen MR) is 343 cm³/mol. The smallest absolute Gasteiger partial charge is 0.306 e. The highest BCUT2D eigenvalue weighted by Crippen LogP contribution is 2.16. The van der Waals surface area contributed by atoms with Gasteiger partial charge in [0, 0.05) is 19.3 Å². The third-order valence-electron chi connectivity index (χ3n) is 13.6. The number of carbonyl (C=O) groups excluding carboxylic acids is 3. The lowest BCUT2D eigenvalue weighted by Gasteiger charge is -2.18. The average molecular weight is 1090 g/mol. The Morgan fingerprint density at radius 3 is 0.772 bits per heavy atom. The maximum atomic E-state index is 12.9. The lowest BCUT2D eigenvalue weighted by Crippen LogP contribution is -2.30. The zero-order valence-electron chi connectivity index (χ0n) is 51.3. The predicted octanol–water partition coefficient (Wildman–Crippen LogP) is 22.5. The van der Waals surface area contributed by atoms with Gasteiger partial charge < -0.3 is 14.2 Å². The van der Waals surface area contributed by atoms with Crippen molar-refractivity contribution in [3.05, 3.63) is 134 Å². The molecule has 0 aliphatic heterocycles. The minimum absolute atomic E-state index is 0.0916. The highest BCUT2D eigenvalue weighted by molar-refractivity contribution is 5.71. The summed E-state index contributed by atoms with van der Waals surface area (Å²) in [6.07, 6.45) is 93.2. The van der Waals surface area contributed by atoms with Crippen LogP contribution in [0.3, 0.4) is 0 Å². The molecular weight excluding hydrogens is 973 g/mol. The second-order valence-corrected chi connectivity index (χ2v) is 21.3. The third-order valence-corrected chi connectivity index (χ3v) is 13.6. The summed E-state index contributed by atoms with van der Waals surface area (Å²) < 4.78 is 16.9. The van der Waals surface area contributed by atoms with Crippen molar-refractivity contribution in [2.45, 2.75) is 297 Å². The standard InChI is InChI=1S/C73H120O6/c1-4-7-10-13-16-19-22-25-27-29-31-32-33-34-35-36-37-38-39-40-42-43-45-48-51-54-57-60-63-66-72(75)78-69-70(68-77-71(74)65-62-59-56-53-50-47-24-21-18-15-12-9-6-3)79-73(76)67-64-61-58-55-52-49-46-44-41-30-28-26-23-20-17-14-11-8-5-2/h7-8,10-12,15-17,19-21,24-28,31-32,34-35,41,44,70H,4-6,9,13-14,18,22-23,29-30,33,36-40,42-43,45-69H2,1-3H3/b10-7-,11-8-,15-12-,19-16-,20-17-,24-21-,27-25-,28-26-,32-31-,35-34-,44-41-. The van der Waals surface area contributed by atoms with E-state index in [1.807, 2.05) is 0 Å². The zero-order chi connectivity index (χ0) is 57.1. The van der Waals surface area contributed by atoms with Crippen molar-refractivity contribution in [3.8, 4) is 0 Å². The summed E-state index contributed by atoms with van der Waals surface area (Å²) in [5, 5.41) is 0. The number of carbonyl (C=O) groups is 3. The van der Waals surface area contributed by atoms with Crippen LogP contribution in [0.1, 0.15) is 290 Å². The van der Waals surface area contributed by atoms with Crippen molar-refractivity contribution in [1.82, 2.24) is 0 Å². The van der Waals surface area contributed by atoms with Gasteiger partial charge in [-0.05, 0) is 128 Å². The Bertz CT molecular complexity index is 1680. The second-order valence-electron chi connectivity index (χ2n) is 21.3. The van der Waals surface area contributed by atoms with E-state index in [2.05, 4.69) is 154 Å². The van der Waals surface area contributed by atoms with Crippen molar-refractivity contribution >= 4 is 17.9 Å². The summed E-state index contributed by atoms with van der Waals surface area (Å²) in [6, 6.07) is 0. The van der Waals surface area contributed by atoms with E-state index in [1.54, 1.807) is 0 Å². The summed E-state index contributed by atoms with van der Waals surface area (Å²) in [5.74, 6) is -0.918. The van der Waals surface area contributed by atoms with E-state index < -0.39 is 6.10 Å². The van der Waals surface area contributed by atoms with E-state index in [4.69, 9.17) is 14.2 Å². The first-order valence-corrected chi connectivity index (χ1v) is 32.7. The van der Waals surface area contributed by atoms with Crippen LogP contribution in [0.4, 0.5) is 0 Å². The van der Waals surface area contributed by atoms with Crippen molar-refractivity contribution in [1.29, 1.82) is 0 Å². The molecule has 0 aliphatic rings. The molecule has 0 aromatic carbocycles. The molecule has 0 rings (SSSR count). The Balaban J connectivity index is 4.31. The molecule has 0 spiro atoms. The van der Waals surface area contributed by atoms with Crippen molar-refractivity contribution < 1.29 is 28.6 Å². The van der Waals surface area contributed by atoms with Crippen LogP contribution in [0.2, 0.25) is 0 Å². The number of esters is 3. The van der Waals surface area contributed by atoms with Gasteiger partial charge in [0.15, 0.2) is 6.10 Å². The Morgan fingerprint density at radius 1 is 0.266 bits per heavy atom. The summed E-state index contributed by atoms with van der Waals surface area (Å²) in [5.41, 5.74) is 0. The molecule has 1 unspecified atom stereocenters. The molecule has 0 heterocycles. The Labute approximate surface area is 487 Å². The molecule has 0 aromatic heterocycles. The second kappa shape index (κ2) is 66.1.